The van der Waals surface area contributed by atoms with Gasteiger partial charge in [0, 0.05) is 6.42 Å². The topological polar surface area (TPSA) is 197 Å². The van der Waals surface area contributed by atoms with E-state index in [9.17, 15) is 19.3 Å². The molecule has 0 amide bonds. The molecule has 13 nitrogen and oxygen atoms in total. The van der Waals surface area contributed by atoms with Gasteiger partial charge in [-0.05, 0) is 0 Å². The fourth-order valence-electron chi connectivity index (χ4n) is 2.18. The van der Waals surface area contributed by atoms with E-state index in [-0.39, 0.29) is 18.0 Å². The van der Waals surface area contributed by atoms with Gasteiger partial charge in [-0.2, -0.15) is 4.98 Å². The number of ether oxygens (including phenoxy) is 1. The molecule has 3 heterocycles. The quantitative estimate of drug-likeness (QED) is 0.392. The van der Waals surface area contributed by atoms with Crippen LogP contribution < -0.4 is 0 Å². The summed E-state index contributed by atoms with van der Waals surface area (Å²) in [6, 6.07) is 0. The Bertz CT molecular complexity index is 760. The van der Waals surface area contributed by atoms with Gasteiger partial charge < -0.3 is 29.8 Å². The van der Waals surface area contributed by atoms with Gasteiger partial charge in [0.25, 0.3) is 0 Å². The zero-order chi connectivity index (χ0) is 18.6. The lowest BCUT2D eigenvalue weighted by atomic mass is 10.2. The van der Waals surface area contributed by atoms with E-state index in [0.717, 1.165) is 0 Å². The van der Waals surface area contributed by atoms with Crippen molar-refractivity contribution in [3.05, 3.63) is 12.7 Å². The summed E-state index contributed by atoms with van der Waals surface area (Å²) in [5, 5.41) is 28.2. The highest BCUT2D eigenvalue weighted by Gasteiger charge is 2.35. The molecule has 1 aliphatic rings. The molecule has 0 aromatic carbocycles. The molecular weight excluding hydrogens is 382 g/mol. The van der Waals surface area contributed by atoms with Gasteiger partial charge in [0.1, 0.15) is 18.7 Å². The molecule has 3 rings (SSSR count). The van der Waals surface area contributed by atoms with Crippen molar-refractivity contribution in [1.29, 1.82) is 0 Å². The summed E-state index contributed by atoms with van der Waals surface area (Å²) in [6.45, 7) is -0.246. The largest absolute Gasteiger partial charge is 0.492 e. The molecule has 1 fully saturated rings. The highest BCUT2D eigenvalue weighted by atomic mass is 31.2. The third-order valence-corrected chi connectivity index (χ3v) is 4.61. The van der Waals surface area contributed by atoms with E-state index in [1.165, 1.54) is 12.7 Å². The third-order valence-electron chi connectivity index (χ3n) is 3.21. The molecule has 1 saturated heterocycles. The van der Waals surface area contributed by atoms with Crippen molar-refractivity contribution in [2.24, 2.45) is 0 Å². The lowest BCUT2D eigenvalue weighted by Crippen LogP contribution is -2.24. The first-order valence-electron chi connectivity index (χ1n) is 6.78. The molecule has 0 radical (unpaired) electrons. The minimum absolute atomic E-state index is 0.198. The van der Waals surface area contributed by atoms with Gasteiger partial charge >= 0.3 is 16.5 Å². The highest BCUT2D eigenvalue weighted by Crippen LogP contribution is 2.32. The maximum atomic E-state index is 9.68. The molecule has 25 heavy (non-hydrogen) atoms. The molecule has 0 bridgehead atoms. The summed E-state index contributed by atoms with van der Waals surface area (Å²) in [4.78, 5) is 27.1. The Morgan fingerprint density at radius 2 is 1.96 bits per heavy atom. The van der Waals surface area contributed by atoms with Gasteiger partial charge in [-0.1, -0.05) is 0 Å². The molecule has 5 N–H and O–H groups in total. The number of aromatic hydroxyl groups is 1. The van der Waals surface area contributed by atoms with Gasteiger partial charge in [-0.3, -0.25) is 13.7 Å². The monoisotopic (exact) mass is 398 g/mol. The zero-order valence-electron chi connectivity index (χ0n) is 12.5. The molecule has 15 heteroatoms. The maximum Gasteiger partial charge on any atom is 0.323 e. The average molecular weight is 398 g/mol. The van der Waals surface area contributed by atoms with Crippen molar-refractivity contribution in [2.45, 2.75) is 24.9 Å². The van der Waals surface area contributed by atoms with Crippen molar-refractivity contribution >= 4 is 27.7 Å². The minimum atomic E-state index is -3.20. The maximum absolute atomic E-state index is 9.68. The van der Waals surface area contributed by atoms with Crippen molar-refractivity contribution in [3.8, 4) is 5.88 Å². The second kappa shape index (κ2) is 8.79. The number of fused-ring (bicyclic) bond motifs is 1. The molecule has 2 aromatic rings. The van der Waals surface area contributed by atoms with Gasteiger partial charge in [0.15, 0.2) is 11.2 Å². The van der Waals surface area contributed by atoms with Crippen molar-refractivity contribution < 1.29 is 43.3 Å². The van der Waals surface area contributed by atoms with Crippen LogP contribution in [0.3, 0.4) is 0 Å². The van der Waals surface area contributed by atoms with Crippen LogP contribution in [0, 0.1) is 0 Å². The Morgan fingerprint density at radius 3 is 2.48 bits per heavy atom. The Hall–Kier alpha value is -1.43. The Morgan fingerprint density at radius 1 is 1.28 bits per heavy atom. The van der Waals surface area contributed by atoms with Crippen LogP contribution in [0.4, 0.5) is 0 Å². The first-order valence-corrected chi connectivity index (χ1v) is 9.30. The smallest absolute Gasteiger partial charge is 0.323 e. The summed E-state index contributed by atoms with van der Waals surface area (Å²) in [7, 11) is -6.40. The van der Waals surface area contributed by atoms with Crippen molar-refractivity contribution in [3.63, 3.8) is 0 Å². The molecule has 0 spiro atoms. The lowest BCUT2D eigenvalue weighted by molar-refractivity contribution is -0.0432. The molecule has 2 unspecified atom stereocenters. The van der Waals surface area contributed by atoms with Crippen LogP contribution in [-0.2, 0) is 18.2 Å². The van der Waals surface area contributed by atoms with Crippen LogP contribution in [0.15, 0.2) is 12.7 Å². The number of aliphatic hydroxyl groups excluding tert-OH is 2. The van der Waals surface area contributed by atoms with Crippen LogP contribution in [-0.4, -0.2) is 63.4 Å². The second-order valence-electron chi connectivity index (χ2n) is 4.77. The number of imidazole rings is 1. The molecule has 5 atom stereocenters. The number of nitrogens with zero attached hydrogens (tertiary/aromatic N) is 4. The average Bonchev–Trinajstić information content (AvgIpc) is 3.10. The van der Waals surface area contributed by atoms with Gasteiger partial charge in [-0.15, -0.1) is 0 Å². The summed E-state index contributed by atoms with van der Waals surface area (Å²) < 4.78 is 29.4. The van der Waals surface area contributed by atoms with Crippen molar-refractivity contribution in [1.82, 2.24) is 19.5 Å². The van der Waals surface area contributed by atoms with Crippen LogP contribution in [0.1, 0.15) is 12.6 Å². The van der Waals surface area contributed by atoms with Crippen LogP contribution >= 0.6 is 16.5 Å². The summed E-state index contributed by atoms with van der Waals surface area (Å²) in [5.41, 5.74) is 0.710. The van der Waals surface area contributed by atoms with E-state index in [2.05, 4.69) is 19.3 Å². The number of hydrogen-bond acceptors (Lipinski definition) is 10. The number of aromatic nitrogens is 4. The van der Waals surface area contributed by atoms with E-state index < -0.39 is 34.9 Å². The standard InChI is InChI=1S/C10H12N4O4.H4O5P2/c15-2-6-5(16)1-7(18-6)14-4-13-8-9(14)11-3-12-10(8)17;1-6(2)5-7(3)4/h3-7,15-16H,1-2H2,(H,11,12,17);6-7H,(H,1,2)(H,3,4)/t5-,6+,7+;/m0./s1. The summed E-state index contributed by atoms with van der Waals surface area (Å²) in [5.74, 6) is -0.198. The summed E-state index contributed by atoms with van der Waals surface area (Å²) >= 11 is 0. The van der Waals surface area contributed by atoms with Crippen molar-refractivity contribution in [2.75, 3.05) is 6.61 Å². The Kier molecular flexibility index (Phi) is 6.99. The predicted octanol–water partition coefficient (Wildman–Crippen LogP) is -1.06. The Labute approximate surface area is 141 Å². The normalized spacial score (nSPS) is 25.4. The minimum Gasteiger partial charge on any atom is -0.492 e. The van der Waals surface area contributed by atoms with E-state index in [1.807, 2.05) is 0 Å². The van der Waals surface area contributed by atoms with E-state index >= 15 is 0 Å². The van der Waals surface area contributed by atoms with E-state index in [4.69, 9.17) is 19.6 Å². The fourth-order valence-corrected chi connectivity index (χ4v) is 2.77. The molecular formula is C10H16N4O9P2. The van der Waals surface area contributed by atoms with Gasteiger partial charge in [-0.25, -0.2) is 14.3 Å². The van der Waals surface area contributed by atoms with Gasteiger partial charge in [0.05, 0.1) is 19.0 Å². The second-order valence-corrected chi connectivity index (χ2v) is 6.65. The van der Waals surface area contributed by atoms with E-state index in [1.54, 1.807) is 4.57 Å². The molecule has 140 valence electrons. The first-order chi connectivity index (χ1) is 11.8. The molecule has 0 aliphatic carbocycles. The van der Waals surface area contributed by atoms with Crippen LogP contribution in [0.5, 0.6) is 5.88 Å². The molecule has 0 saturated carbocycles. The zero-order valence-corrected chi connectivity index (χ0v) is 14.5. The van der Waals surface area contributed by atoms with E-state index in [0.29, 0.717) is 12.1 Å². The van der Waals surface area contributed by atoms with Gasteiger partial charge in [0.2, 0.25) is 5.88 Å². The van der Waals surface area contributed by atoms with Crippen LogP contribution in [0.2, 0.25) is 0 Å². The SMILES string of the molecule is O=[PH](O)O[PH](=O)O.OC[C@H]1O[C@@H](n2cnc3c(O)ncnc32)C[C@@H]1O. The number of aliphatic hydroxyl groups is 2. The first kappa shape index (κ1) is 19.9. The predicted molar refractivity (Wildman–Crippen MR) is 82.1 cm³/mol. The lowest BCUT2D eigenvalue weighted by Gasteiger charge is -2.13. The number of hydrogen-bond donors (Lipinski definition) is 5. The Balaban J connectivity index is 0.000000277. The van der Waals surface area contributed by atoms with Crippen LogP contribution in [0.25, 0.3) is 11.2 Å². The summed E-state index contributed by atoms with van der Waals surface area (Å²) in [6.07, 6.45) is 1.23. The fraction of sp³-hybridized carbons (Fsp3) is 0.500. The highest BCUT2D eigenvalue weighted by molar-refractivity contribution is 7.46. The number of rotatable bonds is 4. The molecule has 1 aliphatic heterocycles. The third kappa shape index (κ3) is 5.03. The molecule has 2 aromatic heterocycles.